The molecule has 1 atom stereocenters. The van der Waals surface area contributed by atoms with Crippen molar-refractivity contribution in [3.8, 4) is 0 Å². The van der Waals surface area contributed by atoms with Crippen LogP contribution < -0.4 is 0 Å². The lowest BCUT2D eigenvalue weighted by Crippen LogP contribution is -2.05. The van der Waals surface area contributed by atoms with Gasteiger partial charge in [0.05, 0.1) is 6.10 Å². The van der Waals surface area contributed by atoms with Crippen LogP contribution in [0, 0.1) is 12.7 Å². The normalized spacial score (nSPS) is 12.5. The zero-order valence-electron chi connectivity index (χ0n) is 10.3. The molecule has 0 spiro atoms. The van der Waals surface area contributed by atoms with Crippen LogP contribution in [0.15, 0.2) is 36.4 Å². The second kappa shape index (κ2) is 5.91. The van der Waals surface area contributed by atoms with Gasteiger partial charge in [0, 0.05) is 16.5 Å². The molecule has 2 aromatic rings. The molecule has 0 aromatic heterocycles. The summed E-state index contributed by atoms with van der Waals surface area (Å²) in [6.07, 6.45) is -0.518. The minimum Gasteiger partial charge on any atom is -0.388 e. The summed E-state index contributed by atoms with van der Waals surface area (Å²) >= 11 is 12.0. The highest BCUT2D eigenvalue weighted by Crippen LogP contribution is 2.27. The average molecular weight is 299 g/mol. The molecule has 1 N–H and O–H groups in total. The van der Waals surface area contributed by atoms with E-state index in [9.17, 15) is 9.50 Å². The molecule has 1 nitrogen and oxygen atoms in total. The number of aryl methyl sites for hydroxylation is 1. The smallest absolute Gasteiger partial charge is 0.123 e. The molecule has 0 fully saturated rings. The van der Waals surface area contributed by atoms with Crippen molar-refractivity contribution in [2.45, 2.75) is 19.4 Å². The molecule has 100 valence electrons. The number of rotatable bonds is 3. The van der Waals surface area contributed by atoms with Crippen molar-refractivity contribution in [3.63, 3.8) is 0 Å². The minimum absolute atomic E-state index is 0.295. The molecule has 2 aromatic carbocycles. The average Bonchev–Trinajstić information content (AvgIpc) is 2.36. The molecule has 0 saturated heterocycles. The standard InChI is InChI=1S/C15H13Cl2FO/c1-9-2-4-12(18)8-13(9)15(19)7-10-6-11(16)3-5-14(10)17/h2-6,8,15,19H,7H2,1H3. The number of hydrogen-bond donors (Lipinski definition) is 1. The SMILES string of the molecule is Cc1ccc(F)cc1C(O)Cc1cc(Cl)ccc1Cl. The summed E-state index contributed by atoms with van der Waals surface area (Å²) in [4.78, 5) is 0. The van der Waals surface area contributed by atoms with E-state index in [1.807, 2.05) is 6.92 Å². The molecule has 0 heterocycles. The second-order valence-electron chi connectivity index (χ2n) is 4.46. The number of aliphatic hydroxyl groups is 1. The van der Waals surface area contributed by atoms with E-state index in [4.69, 9.17) is 23.2 Å². The molecular formula is C15H13Cl2FO. The van der Waals surface area contributed by atoms with Crippen molar-refractivity contribution in [2.75, 3.05) is 0 Å². The number of hydrogen-bond acceptors (Lipinski definition) is 1. The maximum atomic E-state index is 13.2. The van der Waals surface area contributed by atoms with Gasteiger partial charge in [-0.25, -0.2) is 4.39 Å². The van der Waals surface area contributed by atoms with Gasteiger partial charge in [-0.15, -0.1) is 0 Å². The summed E-state index contributed by atoms with van der Waals surface area (Å²) in [5, 5.41) is 11.3. The Kier molecular flexibility index (Phi) is 4.46. The van der Waals surface area contributed by atoms with Crippen molar-refractivity contribution in [2.24, 2.45) is 0 Å². The Hall–Kier alpha value is -1.09. The van der Waals surface area contributed by atoms with E-state index in [-0.39, 0.29) is 5.82 Å². The fourth-order valence-corrected chi connectivity index (χ4v) is 2.38. The van der Waals surface area contributed by atoms with Gasteiger partial charge in [0.25, 0.3) is 0 Å². The maximum absolute atomic E-state index is 13.2. The Morgan fingerprint density at radius 2 is 1.89 bits per heavy atom. The molecule has 0 radical (unpaired) electrons. The van der Waals surface area contributed by atoms with Crippen LogP contribution in [-0.2, 0) is 6.42 Å². The molecule has 0 aliphatic rings. The predicted molar refractivity (Wildman–Crippen MR) is 76.3 cm³/mol. The van der Waals surface area contributed by atoms with E-state index < -0.39 is 6.10 Å². The largest absolute Gasteiger partial charge is 0.388 e. The summed E-state index contributed by atoms with van der Waals surface area (Å²) in [5.41, 5.74) is 2.15. The van der Waals surface area contributed by atoms with Crippen LogP contribution >= 0.6 is 23.2 Å². The summed E-state index contributed by atoms with van der Waals surface area (Å²) in [5.74, 6) is -0.364. The van der Waals surface area contributed by atoms with Crippen LogP contribution in [0.4, 0.5) is 4.39 Å². The van der Waals surface area contributed by atoms with Crippen LogP contribution in [0.1, 0.15) is 22.8 Å². The summed E-state index contributed by atoms with van der Waals surface area (Å²) in [7, 11) is 0. The summed E-state index contributed by atoms with van der Waals surface area (Å²) < 4.78 is 13.2. The van der Waals surface area contributed by atoms with Crippen LogP contribution in [0.2, 0.25) is 10.0 Å². The Morgan fingerprint density at radius 1 is 1.16 bits per heavy atom. The van der Waals surface area contributed by atoms with Crippen LogP contribution in [0.3, 0.4) is 0 Å². The van der Waals surface area contributed by atoms with Gasteiger partial charge < -0.3 is 5.11 Å². The summed E-state index contributed by atoms with van der Waals surface area (Å²) in [6.45, 7) is 1.83. The van der Waals surface area contributed by atoms with Crippen LogP contribution in [-0.4, -0.2) is 5.11 Å². The van der Waals surface area contributed by atoms with Gasteiger partial charge in [0.15, 0.2) is 0 Å². The first-order chi connectivity index (χ1) is 8.97. The number of halogens is 3. The zero-order valence-corrected chi connectivity index (χ0v) is 11.8. The molecule has 4 heteroatoms. The molecule has 1 unspecified atom stereocenters. The number of benzene rings is 2. The lowest BCUT2D eigenvalue weighted by Gasteiger charge is -2.15. The van der Waals surface area contributed by atoms with E-state index >= 15 is 0 Å². The van der Waals surface area contributed by atoms with Gasteiger partial charge in [-0.05, 0) is 53.9 Å². The highest BCUT2D eigenvalue weighted by atomic mass is 35.5. The van der Waals surface area contributed by atoms with Gasteiger partial charge in [0.2, 0.25) is 0 Å². The third-order valence-electron chi connectivity index (χ3n) is 3.02. The highest BCUT2D eigenvalue weighted by molar-refractivity contribution is 6.33. The highest BCUT2D eigenvalue weighted by Gasteiger charge is 2.14. The van der Waals surface area contributed by atoms with Crippen molar-refractivity contribution in [3.05, 3.63) is 69.0 Å². The van der Waals surface area contributed by atoms with Crippen molar-refractivity contribution < 1.29 is 9.50 Å². The third kappa shape index (κ3) is 3.47. The van der Waals surface area contributed by atoms with Crippen LogP contribution in [0.5, 0.6) is 0 Å². The maximum Gasteiger partial charge on any atom is 0.123 e. The molecule has 2 rings (SSSR count). The molecule has 0 aliphatic carbocycles. The predicted octanol–water partition coefficient (Wildman–Crippen LogP) is 4.72. The lowest BCUT2D eigenvalue weighted by molar-refractivity contribution is 0.177. The van der Waals surface area contributed by atoms with E-state index in [0.717, 1.165) is 11.1 Å². The first kappa shape index (κ1) is 14.3. The van der Waals surface area contributed by atoms with Crippen molar-refractivity contribution >= 4 is 23.2 Å². The lowest BCUT2D eigenvalue weighted by atomic mass is 9.97. The quantitative estimate of drug-likeness (QED) is 0.869. The minimum atomic E-state index is -0.813. The van der Waals surface area contributed by atoms with E-state index in [2.05, 4.69) is 0 Å². The first-order valence-electron chi connectivity index (χ1n) is 5.85. The van der Waals surface area contributed by atoms with E-state index in [0.29, 0.717) is 22.0 Å². The van der Waals surface area contributed by atoms with Crippen molar-refractivity contribution in [1.29, 1.82) is 0 Å². The Morgan fingerprint density at radius 3 is 2.63 bits per heavy atom. The second-order valence-corrected chi connectivity index (χ2v) is 5.30. The Labute approximate surface area is 121 Å². The Bertz CT molecular complexity index is 599. The number of aliphatic hydroxyl groups excluding tert-OH is 1. The summed E-state index contributed by atoms with van der Waals surface area (Å²) in [6, 6.07) is 9.45. The Balaban J connectivity index is 2.27. The van der Waals surface area contributed by atoms with E-state index in [1.165, 1.54) is 12.1 Å². The topological polar surface area (TPSA) is 20.2 Å². The van der Waals surface area contributed by atoms with Gasteiger partial charge >= 0.3 is 0 Å². The van der Waals surface area contributed by atoms with Crippen molar-refractivity contribution in [1.82, 2.24) is 0 Å². The molecular weight excluding hydrogens is 286 g/mol. The fraction of sp³-hybridized carbons (Fsp3) is 0.200. The molecule has 0 saturated carbocycles. The molecule has 0 amide bonds. The molecule has 0 aliphatic heterocycles. The first-order valence-corrected chi connectivity index (χ1v) is 6.61. The van der Waals surface area contributed by atoms with Gasteiger partial charge in [0.1, 0.15) is 5.82 Å². The molecule has 19 heavy (non-hydrogen) atoms. The van der Waals surface area contributed by atoms with Gasteiger partial charge in [-0.2, -0.15) is 0 Å². The zero-order chi connectivity index (χ0) is 14.0. The van der Waals surface area contributed by atoms with Crippen LogP contribution in [0.25, 0.3) is 0 Å². The fourth-order valence-electron chi connectivity index (χ4n) is 1.99. The van der Waals surface area contributed by atoms with Gasteiger partial charge in [-0.1, -0.05) is 29.3 Å². The van der Waals surface area contributed by atoms with E-state index in [1.54, 1.807) is 24.3 Å². The third-order valence-corrected chi connectivity index (χ3v) is 3.63. The van der Waals surface area contributed by atoms with Gasteiger partial charge in [-0.3, -0.25) is 0 Å². The molecule has 0 bridgehead atoms. The monoisotopic (exact) mass is 298 g/mol.